The van der Waals surface area contributed by atoms with E-state index in [0.717, 1.165) is 23.4 Å². The van der Waals surface area contributed by atoms with Gasteiger partial charge in [0, 0.05) is 17.2 Å². The molecule has 0 aliphatic heterocycles. The molecule has 0 saturated heterocycles. The Labute approximate surface area is 162 Å². The van der Waals surface area contributed by atoms with Crippen LogP contribution in [0.1, 0.15) is 17.1 Å². The maximum Gasteiger partial charge on any atom is 0.416 e. The first kappa shape index (κ1) is 18.7. The van der Waals surface area contributed by atoms with Gasteiger partial charge in [0.1, 0.15) is 17.2 Å². The van der Waals surface area contributed by atoms with Crippen LogP contribution in [0.25, 0.3) is 22.7 Å². The summed E-state index contributed by atoms with van der Waals surface area (Å²) in [5.74, 6) is 1.49. The third-order valence-electron chi connectivity index (χ3n) is 4.18. The average Bonchev–Trinajstić information content (AvgIpc) is 3.38. The second-order valence-corrected chi connectivity index (χ2v) is 6.18. The van der Waals surface area contributed by atoms with Crippen LogP contribution in [0.2, 0.25) is 0 Å². The lowest BCUT2D eigenvalue weighted by molar-refractivity contribution is -0.137. The highest BCUT2D eigenvalue weighted by Gasteiger charge is 2.30. The standard InChI is InChI=1S/C20H14F3N3O3/c1-27-15-7-5-12(6-8-15)17-10-16(28-25-17)11-18-24-19(29-26-18)13-3-2-4-14(9-13)20(21,22)23/h2-10H,11H2,1H3. The quantitative estimate of drug-likeness (QED) is 0.468. The van der Waals surface area contributed by atoms with Gasteiger partial charge in [-0.3, -0.25) is 0 Å². The van der Waals surface area contributed by atoms with Gasteiger partial charge in [0.05, 0.1) is 19.1 Å². The number of rotatable bonds is 5. The second kappa shape index (κ2) is 7.42. The Morgan fingerprint density at radius 2 is 1.72 bits per heavy atom. The van der Waals surface area contributed by atoms with Gasteiger partial charge in [-0.1, -0.05) is 16.4 Å². The molecule has 4 rings (SSSR count). The van der Waals surface area contributed by atoms with Crippen molar-refractivity contribution in [2.24, 2.45) is 0 Å². The summed E-state index contributed by atoms with van der Waals surface area (Å²) in [6.07, 6.45) is -4.26. The topological polar surface area (TPSA) is 74.2 Å². The molecular formula is C20H14F3N3O3. The van der Waals surface area contributed by atoms with Crippen LogP contribution in [0, 0.1) is 0 Å². The largest absolute Gasteiger partial charge is 0.497 e. The van der Waals surface area contributed by atoms with Crippen LogP contribution < -0.4 is 4.74 Å². The van der Waals surface area contributed by atoms with E-state index in [1.165, 1.54) is 12.1 Å². The van der Waals surface area contributed by atoms with Crippen LogP contribution in [0.4, 0.5) is 13.2 Å². The van der Waals surface area contributed by atoms with Crippen molar-refractivity contribution in [2.75, 3.05) is 7.11 Å². The molecule has 0 N–H and O–H groups in total. The zero-order valence-corrected chi connectivity index (χ0v) is 15.1. The first-order chi connectivity index (χ1) is 13.9. The Kier molecular flexibility index (Phi) is 4.79. The number of methoxy groups -OCH3 is 1. The summed E-state index contributed by atoms with van der Waals surface area (Å²) in [5.41, 5.74) is 0.881. The van der Waals surface area contributed by atoms with E-state index in [-0.39, 0.29) is 23.7 Å². The normalized spacial score (nSPS) is 11.6. The van der Waals surface area contributed by atoms with E-state index in [4.69, 9.17) is 13.8 Å². The summed E-state index contributed by atoms with van der Waals surface area (Å²) in [7, 11) is 1.59. The van der Waals surface area contributed by atoms with Crippen LogP contribution in [-0.4, -0.2) is 22.4 Å². The molecular weight excluding hydrogens is 387 g/mol. The highest BCUT2D eigenvalue weighted by Crippen LogP contribution is 2.32. The van der Waals surface area contributed by atoms with Crippen molar-refractivity contribution in [3.63, 3.8) is 0 Å². The third-order valence-corrected chi connectivity index (χ3v) is 4.18. The number of alkyl halides is 3. The molecule has 0 saturated carbocycles. The molecule has 2 heterocycles. The number of halogens is 3. The summed E-state index contributed by atoms with van der Waals surface area (Å²) in [5, 5.41) is 7.83. The van der Waals surface area contributed by atoms with Gasteiger partial charge in [-0.05, 0) is 42.5 Å². The van der Waals surface area contributed by atoms with Gasteiger partial charge in [0.2, 0.25) is 0 Å². The van der Waals surface area contributed by atoms with Crippen LogP contribution in [0.5, 0.6) is 5.75 Å². The summed E-state index contributed by atoms with van der Waals surface area (Å²) in [6, 6.07) is 13.8. The van der Waals surface area contributed by atoms with Gasteiger partial charge in [-0.25, -0.2) is 0 Å². The van der Waals surface area contributed by atoms with Crippen molar-refractivity contribution in [3.8, 4) is 28.5 Å². The second-order valence-electron chi connectivity index (χ2n) is 6.18. The Morgan fingerprint density at radius 3 is 2.45 bits per heavy atom. The number of hydrogen-bond acceptors (Lipinski definition) is 6. The molecule has 0 unspecified atom stereocenters. The summed E-state index contributed by atoms with van der Waals surface area (Å²) in [4.78, 5) is 4.15. The zero-order valence-electron chi connectivity index (χ0n) is 15.1. The van der Waals surface area contributed by atoms with Gasteiger partial charge in [-0.2, -0.15) is 18.2 Å². The van der Waals surface area contributed by atoms with Crippen molar-refractivity contribution in [1.29, 1.82) is 0 Å². The van der Waals surface area contributed by atoms with Gasteiger partial charge in [0.25, 0.3) is 5.89 Å². The van der Waals surface area contributed by atoms with Crippen LogP contribution in [-0.2, 0) is 12.6 Å². The fourth-order valence-electron chi connectivity index (χ4n) is 2.72. The monoisotopic (exact) mass is 401 g/mol. The minimum Gasteiger partial charge on any atom is -0.497 e. The lowest BCUT2D eigenvalue weighted by Gasteiger charge is -2.06. The van der Waals surface area contributed by atoms with Crippen LogP contribution in [0.3, 0.4) is 0 Å². The fourth-order valence-corrected chi connectivity index (χ4v) is 2.72. The minimum atomic E-state index is -4.45. The number of hydrogen-bond donors (Lipinski definition) is 0. The van der Waals surface area contributed by atoms with Crippen molar-refractivity contribution in [3.05, 3.63) is 71.7 Å². The van der Waals surface area contributed by atoms with Crippen molar-refractivity contribution < 1.29 is 27.0 Å². The minimum absolute atomic E-state index is 0.000920. The first-order valence-corrected chi connectivity index (χ1v) is 8.52. The van der Waals surface area contributed by atoms with Gasteiger partial charge in [-0.15, -0.1) is 0 Å². The van der Waals surface area contributed by atoms with Crippen molar-refractivity contribution in [2.45, 2.75) is 12.6 Å². The smallest absolute Gasteiger partial charge is 0.416 e. The SMILES string of the molecule is COc1ccc(-c2cc(Cc3noc(-c4cccc(C(F)(F)F)c4)n3)on2)cc1. The van der Waals surface area contributed by atoms with E-state index in [0.29, 0.717) is 11.5 Å². The highest BCUT2D eigenvalue weighted by molar-refractivity contribution is 5.60. The summed E-state index contributed by atoms with van der Waals surface area (Å²) in [6.45, 7) is 0. The number of aromatic nitrogens is 3. The average molecular weight is 401 g/mol. The van der Waals surface area contributed by atoms with E-state index in [1.807, 2.05) is 24.3 Å². The van der Waals surface area contributed by atoms with Gasteiger partial charge >= 0.3 is 6.18 Å². The molecule has 6 nitrogen and oxygen atoms in total. The molecule has 0 atom stereocenters. The molecule has 0 aliphatic carbocycles. The molecule has 29 heavy (non-hydrogen) atoms. The predicted molar refractivity (Wildman–Crippen MR) is 96.0 cm³/mol. The molecule has 2 aromatic carbocycles. The van der Waals surface area contributed by atoms with E-state index in [1.54, 1.807) is 13.2 Å². The van der Waals surface area contributed by atoms with E-state index >= 15 is 0 Å². The maximum absolute atomic E-state index is 12.9. The maximum atomic E-state index is 12.9. The Morgan fingerprint density at radius 1 is 0.931 bits per heavy atom. The lowest BCUT2D eigenvalue weighted by Crippen LogP contribution is -2.04. The van der Waals surface area contributed by atoms with E-state index in [2.05, 4.69) is 15.3 Å². The molecule has 9 heteroatoms. The Hall–Kier alpha value is -3.62. The fraction of sp³-hybridized carbons (Fsp3) is 0.150. The highest BCUT2D eigenvalue weighted by atomic mass is 19.4. The molecule has 0 spiro atoms. The molecule has 4 aromatic rings. The first-order valence-electron chi connectivity index (χ1n) is 8.52. The molecule has 148 valence electrons. The number of ether oxygens (including phenoxy) is 1. The molecule has 2 aromatic heterocycles. The number of nitrogens with zero attached hydrogens (tertiary/aromatic N) is 3. The molecule has 0 fully saturated rings. The van der Waals surface area contributed by atoms with Gasteiger partial charge in [0.15, 0.2) is 5.82 Å². The number of benzene rings is 2. The molecule has 0 bridgehead atoms. The Bertz CT molecular complexity index is 1120. The van der Waals surface area contributed by atoms with Crippen LogP contribution in [0.15, 0.2) is 63.6 Å². The van der Waals surface area contributed by atoms with E-state index in [9.17, 15) is 13.2 Å². The predicted octanol–water partition coefficient (Wildman–Crippen LogP) is 5.01. The van der Waals surface area contributed by atoms with Crippen LogP contribution >= 0.6 is 0 Å². The third kappa shape index (κ3) is 4.13. The Balaban J connectivity index is 1.51. The van der Waals surface area contributed by atoms with Crippen molar-refractivity contribution in [1.82, 2.24) is 15.3 Å². The molecule has 0 radical (unpaired) electrons. The summed E-state index contributed by atoms with van der Waals surface area (Å²) >= 11 is 0. The van der Waals surface area contributed by atoms with Crippen molar-refractivity contribution >= 4 is 0 Å². The van der Waals surface area contributed by atoms with E-state index < -0.39 is 11.7 Å². The summed E-state index contributed by atoms with van der Waals surface area (Å²) < 4.78 is 54.1. The molecule has 0 aliphatic rings. The van der Waals surface area contributed by atoms with Gasteiger partial charge < -0.3 is 13.8 Å². The zero-order chi connectivity index (χ0) is 20.4. The lowest BCUT2D eigenvalue weighted by atomic mass is 10.1. The molecule has 0 amide bonds.